The molecular formula is C6H6BrClN2. The van der Waals surface area contributed by atoms with E-state index in [4.69, 9.17) is 17.3 Å². The van der Waals surface area contributed by atoms with Gasteiger partial charge in [-0.05, 0) is 27.6 Å². The minimum absolute atomic E-state index is 0.452. The van der Waals surface area contributed by atoms with Crippen molar-refractivity contribution in [2.75, 3.05) is 5.73 Å². The van der Waals surface area contributed by atoms with Crippen molar-refractivity contribution in [1.29, 1.82) is 0 Å². The molecule has 0 saturated carbocycles. The van der Waals surface area contributed by atoms with Crippen molar-refractivity contribution in [2.45, 2.75) is 5.88 Å². The molecule has 0 fully saturated rings. The Bertz CT molecular complexity index is 239. The number of aromatic nitrogens is 1. The molecule has 1 heterocycles. The summed E-state index contributed by atoms with van der Waals surface area (Å²) >= 11 is 8.81. The molecule has 0 atom stereocenters. The molecule has 1 rings (SSSR count). The van der Waals surface area contributed by atoms with Gasteiger partial charge in [-0.15, -0.1) is 11.6 Å². The van der Waals surface area contributed by atoms with E-state index in [1.54, 1.807) is 6.07 Å². The lowest BCUT2D eigenvalue weighted by Gasteiger charge is -1.98. The Morgan fingerprint density at radius 2 is 2.30 bits per heavy atom. The molecule has 0 aliphatic carbocycles. The molecule has 54 valence electrons. The molecule has 0 saturated heterocycles. The van der Waals surface area contributed by atoms with Crippen LogP contribution in [0.4, 0.5) is 5.82 Å². The van der Waals surface area contributed by atoms with E-state index in [9.17, 15) is 0 Å². The molecule has 0 aromatic carbocycles. The number of hydrogen-bond acceptors (Lipinski definition) is 2. The van der Waals surface area contributed by atoms with Gasteiger partial charge in [-0.3, -0.25) is 0 Å². The second-order valence-electron chi connectivity index (χ2n) is 1.82. The third-order valence-corrected chi connectivity index (χ3v) is 2.07. The van der Waals surface area contributed by atoms with Gasteiger partial charge >= 0.3 is 0 Å². The minimum atomic E-state index is 0.452. The maximum Gasteiger partial charge on any atom is 0.124 e. The van der Waals surface area contributed by atoms with Gasteiger partial charge in [-0.2, -0.15) is 0 Å². The lowest BCUT2D eigenvalue weighted by atomic mass is 10.3. The first-order valence-electron chi connectivity index (χ1n) is 2.71. The maximum atomic E-state index is 5.57. The van der Waals surface area contributed by atoms with E-state index in [0.717, 1.165) is 10.2 Å². The van der Waals surface area contributed by atoms with E-state index in [1.165, 1.54) is 0 Å². The Morgan fingerprint density at radius 1 is 1.60 bits per heavy atom. The van der Waals surface area contributed by atoms with Crippen molar-refractivity contribution in [3.8, 4) is 0 Å². The van der Waals surface area contributed by atoms with Crippen molar-refractivity contribution < 1.29 is 0 Å². The Hall–Kier alpha value is -0.280. The molecular weight excluding hydrogens is 215 g/mol. The number of hydrogen-bond donors (Lipinski definition) is 1. The number of pyridine rings is 1. The van der Waals surface area contributed by atoms with Crippen molar-refractivity contribution in [1.82, 2.24) is 4.98 Å². The quantitative estimate of drug-likeness (QED) is 0.583. The second kappa shape index (κ2) is 3.21. The number of anilines is 1. The molecule has 0 spiro atoms. The van der Waals surface area contributed by atoms with Gasteiger partial charge in [-0.25, -0.2) is 4.98 Å². The zero-order valence-electron chi connectivity index (χ0n) is 5.14. The summed E-state index contributed by atoms with van der Waals surface area (Å²) in [5.41, 5.74) is 6.35. The molecule has 2 N–H and O–H groups in total. The van der Waals surface area contributed by atoms with Gasteiger partial charge in [0.25, 0.3) is 0 Å². The highest BCUT2D eigenvalue weighted by atomic mass is 79.9. The average Bonchev–Trinajstić information content (AvgIpc) is 1.88. The average molecular weight is 221 g/mol. The van der Waals surface area contributed by atoms with Gasteiger partial charge in [0.05, 0.1) is 5.88 Å². The normalized spacial score (nSPS) is 9.80. The third kappa shape index (κ3) is 1.61. The van der Waals surface area contributed by atoms with Gasteiger partial charge in [0.1, 0.15) is 10.4 Å². The monoisotopic (exact) mass is 220 g/mol. The van der Waals surface area contributed by atoms with E-state index < -0.39 is 0 Å². The first-order chi connectivity index (χ1) is 4.74. The number of nitrogens with zero attached hydrogens (tertiary/aromatic N) is 1. The topological polar surface area (TPSA) is 38.9 Å². The first-order valence-corrected chi connectivity index (χ1v) is 4.03. The van der Waals surface area contributed by atoms with Crippen LogP contribution in [0, 0.1) is 0 Å². The fourth-order valence-electron chi connectivity index (χ4n) is 0.577. The van der Waals surface area contributed by atoms with E-state index in [-0.39, 0.29) is 0 Å². The SMILES string of the molecule is Nc1ccc(CCl)c(Br)n1. The van der Waals surface area contributed by atoms with Gasteiger partial charge in [0.2, 0.25) is 0 Å². The van der Waals surface area contributed by atoms with Crippen molar-refractivity contribution in [3.05, 3.63) is 22.3 Å². The van der Waals surface area contributed by atoms with Crippen LogP contribution in [0.1, 0.15) is 5.56 Å². The number of nitrogens with two attached hydrogens (primary N) is 1. The Balaban J connectivity index is 3.07. The van der Waals surface area contributed by atoms with Gasteiger partial charge in [0, 0.05) is 0 Å². The highest BCUT2D eigenvalue weighted by Gasteiger charge is 1.98. The zero-order chi connectivity index (χ0) is 7.56. The highest BCUT2D eigenvalue weighted by molar-refractivity contribution is 9.10. The molecule has 10 heavy (non-hydrogen) atoms. The Morgan fingerprint density at radius 3 is 2.80 bits per heavy atom. The highest BCUT2D eigenvalue weighted by Crippen LogP contribution is 2.16. The number of rotatable bonds is 1. The van der Waals surface area contributed by atoms with E-state index >= 15 is 0 Å². The third-order valence-electron chi connectivity index (χ3n) is 1.09. The summed E-state index contributed by atoms with van der Waals surface area (Å²) in [7, 11) is 0. The summed E-state index contributed by atoms with van der Waals surface area (Å²) in [6, 6.07) is 3.57. The predicted octanol–water partition coefficient (Wildman–Crippen LogP) is 2.17. The molecule has 2 nitrogen and oxygen atoms in total. The molecule has 0 aliphatic rings. The summed E-state index contributed by atoms with van der Waals surface area (Å²) in [5, 5.41) is 0. The molecule has 1 aromatic rings. The fourth-order valence-corrected chi connectivity index (χ4v) is 1.43. The van der Waals surface area contributed by atoms with Crippen LogP contribution in [0.2, 0.25) is 0 Å². The molecule has 0 aliphatic heterocycles. The van der Waals surface area contributed by atoms with Gasteiger partial charge < -0.3 is 5.73 Å². The Labute approximate surface area is 72.5 Å². The number of nitrogen functional groups attached to an aromatic ring is 1. The molecule has 0 amide bonds. The van der Waals surface area contributed by atoms with Crippen molar-refractivity contribution >= 4 is 33.3 Å². The van der Waals surface area contributed by atoms with Crippen LogP contribution < -0.4 is 5.73 Å². The van der Waals surface area contributed by atoms with Crippen molar-refractivity contribution in [2.24, 2.45) is 0 Å². The van der Waals surface area contributed by atoms with E-state index in [0.29, 0.717) is 11.7 Å². The largest absolute Gasteiger partial charge is 0.384 e. The summed E-state index contributed by atoms with van der Waals surface area (Å²) in [4.78, 5) is 3.95. The van der Waals surface area contributed by atoms with Crippen LogP contribution in [0.25, 0.3) is 0 Å². The Kier molecular flexibility index (Phi) is 2.51. The lowest BCUT2D eigenvalue weighted by Crippen LogP contribution is -1.92. The number of alkyl halides is 1. The molecule has 0 bridgehead atoms. The van der Waals surface area contributed by atoms with Crippen molar-refractivity contribution in [3.63, 3.8) is 0 Å². The summed E-state index contributed by atoms with van der Waals surface area (Å²) in [6.45, 7) is 0. The summed E-state index contributed by atoms with van der Waals surface area (Å²) in [6.07, 6.45) is 0. The first kappa shape index (κ1) is 7.82. The summed E-state index contributed by atoms with van der Waals surface area (Å²) < 4.78 is 0.725. The van der Waals surface area contributed by atoms with E-state index in [1.807, 2.05) is 6.07 Å². The maximum absolute atomic E-state index is 5.57. The van der Waals surface area contributed by atoms with E-state index in [2.05, 4.69) is 20.9 Å². The van der Waals surface area contributed by atoms with Crippen LogP contribution in [-0.4, -0.2) is 4.98 Å². The van der Waals surface area contributed by atoms with Crippen LogP contribution in [0.5, 0.6) is 0 Å². The second-order valence-corrected chi connectivity index (χ2v) is 2.84. The zero-order valence-corrected chi connectivity index (χ0v) is 7.48. The van der Waals surface area contributed by atoms with Gasteiger partial charge in [0.15, 0.2) is 0 Å². The molecule has 0 unspecified atom stereocenters. The van der Waals surface area contributed by atoms with Crippen LogP contribution >= 0.6 is 27.5 Å². The standard InChI is InChI=1S/C6H6BrClN2/c7-6-4(3-8)1-2-5(9)10-6/h1-2H,3H2,(H2,9,10). The van der Waals surface area contributed by atoms with Crippen LogP contribution in [-0.2, 0) is 5.88 Å². The summed E-state index contributed by atoms with van der Waals surface area (Å²) in [5.74, 6) is 0.953. The van der Waals surface area contributed by atoms with Crippen LogP contribution in [0.15, 0.2) is 16.7 Å². The van der Waals surface area contributed by atoms with Gasteiger partial charge in [-0.1, -0.05) is 6.07 Å². The molecule has 4 heteroatoms. The fraction of sp³-hybridized carbons (Fsp3) is 0.167. The van der Waals surface area contributed by atoms with Crippen LogP contribution in [0.3, 0.4) is 0 Å². The minimum Gasteiger partial charge on any atom is -0.384 e. The molecule has 0 radical (unpaired) electrons. The molecule has 1 aromatic heterocycles. The smallest absolute Gasteiger partial charge is 0.124 e. The number of halogens is 2. The lowest BCUT2D eigenvalue weighted by molar-refractivity contribution is 1.21. The predicted molar refractivity (Wildman–Crippen MR) is 45.9 cm³/mol.